The summed E-state index contributed by atoms with van der Waals surface area (Å²) in [5.74, 6) is 0.387. The van der Waals surface area contributed by atoms with Crippen molar-refractivity contribution in [2.24, 2.45) is 0 Å². The van der Waals surface area contributed by atoms with E-state index >= 15 is 0 Å². The number of aliphatic hydroxyl groups excluding tert-OH is 1. The van der Waals surface area contributed by atoms with Crippen LogP contribution < -0.4 is 20.3 Å². The van der Waals surface area contributed by atoms with Crippen molar-refractivity contribution in [3.8, 4) is 5.75 Å². The number of piperidine rings is 1. The van der Waals surface area contributed by atoms with Crippen LogP contribution in [0.2, 0.25) is 0 Å². The minimum atomic E-state index is -1.01. The van der Waals surface area contributed by atoms with Gasteiger partial charge in [-0.15, -0.1) is 0 Å². The quantitative estimate of drug-likeness (QED) is 0.321. The van der Waals surface area contributed by atoms with Gasteiger partial charge in [-0.1, -0.05) is 6.07 Å². The van der Waals surface area contributed by atoms with Crippen LogP contribution in [0.15, 0.2) is 36.4 Å². The van der Waals surface area contributed by atoms with Gasteiger partial charge in [0.25, 0.3) is 5.91 Å². The van der Waals surface area contributed by atoms with E-state index in [0.717, 1.165) is 61.3 Å². The largest absolute Gasteiger partial charge is 0.468 e. The van der Waals surface area contributed by atoms with Crippen molar-refractivity contribution in [1.82, 2.24) is 10.2 Å². The molecule has 2 fully saturated rings. The van der Waals surface area contributed by atoms with Gasteiger partial charge < -0.3 is 34.9 Å². The normalized spacial score (nSPS) is 19.4. The Hall–Kier alpha value is -3.50. The average Bonchev–Trinajstić information content (AvgIpc) is 2.99. The fourth-order valence-corrected chi connectivity index (χ4v) is 6.05. The summed E-state index contributed by atoms with van der Waals surface area (Å²) in [7, 11) is 1.56. The summed E-state index contributed by atoms with van der Waals surface area (Å²) in [6.45, 7) is 7.78. The molecule has 0 radical (unpaired) electrons. The molecule has 3 N–H and O–H groups in total. The van der Waals surface area contributed by atoms with Crippen LogP contribution in [-0.2, 0) is 22.4 Å². The summed E-state index contributed by atoms with van der Waals surface area (Å²) in [5, 5.41) is 18.0. The van der Waals surface area contributed by atoms with Crippen molar-refractivity contribution in [2.75, 3.05) is 43.8 Å². The van der Waals surface area contributed by atoms with E-state index in [2.05, 4.69) is 21.6 Å². The number of fused-ring (bicyclic) bond motifs is 1. The van der Waals surface area contributed by atoms with E-state index in [1.807, 2.05) is 51.1 Å². The van der Waals surface area contributed by atoms with E-state index in [9.17, 15) is 14.7 Å². The smallest absolute Gasteiger partial charge is 0.410 e. The fraction of sp³-hybridized carbons (Fsp3) is 0.588. The molecule has 0 spiro atoms. The number of hydrogen-bond acceptors (Lipinski definition) is 8. The molecule has 0 unspecified atom stereocenters. The molecule has 1 saturated heterocycles. The molecule has 2 atom stereocenters. The highest BCUT2D eigenvalue weighted by atomic mass is 16.7. The number of amides is 2. The Morgan fingerprint density at radius 2 is 1.80 bits per heavy atom. The molecule has 2 aromatic rings. The standard InChI is InChI=1S/C34H48N4O6/c1-34(2,3)44-33(41)38-21-25-17-29(43-22-42-4)12-11-23(25)18-30(38)31(39)20-35-32(40)24-15-27(36-26-9-8-10-26)19-28(16-24)37-13-6-5-7-14-37/h11-12,15-17,19,26,30-31,36,39H,5-10,13-14,18,20-22H2,1-4H3,(H,35,40)/t30-,31+/m0/s1. The molecule has 2 heterocycles. The Bertz CT molecular complexity index is 1300. The lowest BCUT2D eigenvalue weighted by Gasteiger charge is -2.40. The summed E-state index contributed by atoms with van der Waals surface area (Å²) < 4.78 is 16.3. The number of nitrogens with zero attached hydrogens (tertiary/aromatic N) is 2. The van der Waals surface area contributed by atoms with Gasteiger partial charge in [-0.3, -0.25) is 9.69 Å². The lowest BCUT2D eigenvalue weighted by molar-refractivity contribution is -0.0114. The van der Waals surface area contributed by atoms with Crippen molar-refractivity contribution in [1.29, 1.82) is 0 Å². The predicted molar refractivity (Wildman–Crippen MR) is 170 cm³/mol. The molecule has 44 heavy (non-hydrogen) atoms. The maximum atomic E-state index is 13.5. The van der Waals surface area contributed by atoms with Gasteiger partial charge in [0.1, 0.15) is 11.4 Å². The molecule has 3 aliphatic rings. The van der Waals surface area contributed by atoms with Gasteiger partial charge in [0.2, 0.25) is 0 Å². The first-order chi connectivity index (χ1) is 21.1. The number of benzene rings is 2. The van der Waals surface area contributed by atoms with E-state index in [1.54, 1.807) is 12.0 Å². The number of methoxy groups -OCH3 is 1. The third-order valence-corrected chi connectivity index (χ3v) is 8.61. The molecule has 5 rings (SSSR count). The third-order valence-electron chi connectivity index (χ3n) is 8.61. The second kappa shape index (κ2) is 14.1. The van der Waals surface area contributed by atoms with Crippen LogP contribution in [0.4, 0.5) is 16.2 Å². The Balaban J connectivity index is 1.31. The topological polar surface area (TPSA) is 113 Å². The Morgan fingerprint density at radius 1 is 1.02 bits per heavy atom. The van der Waals surface area contributed by atoms with Crippen LogP contribution in [0.5, 0.6) is 5.75 Å². The molecular weight excluding hydrogens is 560 g/mol. The maximum absolute atomic E-state index is 13.5. The lowest BCUT2D eigenvalue weighted by Crippen LogP contribution is -2.54. The Morgan fingerprint density at radius 3 is 2.48 bits per heavy atom. The van der Waals surface area contributed by atoms with E-state index < -0.39 is 23.8 Å². The van der Waals surface area contributed by atoms with Crippen LogP contribution in [0.1, 0.15) is 80.8 Å². The summed E-state index contributed by atoms with van der Waals surface area (Å²) in [6.07, 6.45) is 5.92. The number of ether oxygens (including phenoxy) is 3. The second-order valence-corrected chi connectivity index (χ2v) is 13.2. The zero-order valence-corrected chi connectivity index (χ0v) is 26.6. The van der Waals surface area contributed by atoms with Gasteiger partial charge in [-0.25, -0.2) is 4.79 Å². The lowest BCUT2D eigenvalue weighted by atomic mass is 9.91. The number of carbonyl (C=O) groups excluding carboxylic acids is 2. The number of rotatable bonds is 10. The van der Waals surface area contributed by atoms with Crippen LogP contribution in [0.3, 0.4) is 0 Å². The van der Waals surface area contributed by atoms with Gasteiger partial charge >= 0.3 is 6.09 Å². The predicted octanol–water partition coefficient (Wildman–Crippen LogP) is 5.08. The first-order valence-corrected chi connectivity index (χ1v) is 16.0. The molecule has 2 amide bonds. The van der Waals surface area contributed by atoms with Crippen molar-refractivity contribution in [3.63, 3.8) is 0 Å². The van der Waals surface area contributed by atoms with Crippen LogP contribution in [0.25, 0.3) is 0 Å². The zero-order chi connectivity index (χ0) is 31.3. The molecule has 1 saturated carbocycles. The Kier molecular flexibility index (Phi) is 10.2. The van der Waals surface area contributed by atoms with Crippen molar-refractivity contribution >= 4 is 23.4 Å². The van der Waals surface area contributed by atoms with Gasteiger partial charge in [-0.05, 0) is 107 Å². The van der Waals surface area contributed by atoms with Crippen LogP contribution in [-0.4, -0.2) is 79.3 Å². The number of anilines is 2. The van der Waals surface area contributed by atoms with Crippen molar-refractivity contribution in [3.05, 3.63) is 53.1 Å². The average molecular weight is 609 g/mol. The molecule has 1 aliphatic carbocycles. The highest BCUT2D eigenvalue weighted by Gasteiger charge is 2.37. The minimum Gasteiger partial charge on any atom is -0.468 e. The van der Waals surface area contributed by atoms with E-state index in [0.29, 0.717) is 23.8 Å². The van der Waals surface area contributed by atoms with Gasteiger partial charge in [0, 0.05) is 56.3 Å². The summed E-state index contributed by atoms with van der Waals surface area (Å²) in [4.78, 5) is 30.8. The molecular formula is C34H48N4O6. The van der Waals surface area contributed by atoms with E-state index in [4.69, 9.17) is 14.2 Å². The van der Waals surface area contributed by atoms with Gasteiger partial charge in [0.05, 0.1) is 12.1 Å². The highest BCUT2D eigenvalue weighted by molar-refractivity contribution is 5.96. The van der Waals surface area contributed by atoms with Gasteiger partial charge in [0.15, 0.2) is 6.79 Å². The monoisotopic (exact) mass is 608 g/mol. The molecule has 0 bridgehead atoms. The highest BCUT2D eigenvalue weighted by Crippen LogP contribution is 2.31. The molecule has 10 nitrogen and oxygen atoms in total. The van der Waals surface area contributed by atoms with E-state index in [-0.39, 0.29) is 25.8 Å². The SMILES string of the molecule is COCOc1ccc2c(c1)CN(C(=O)OC(C)(C)C)[C@H]([C@H](O)CNC(=O)c1cc(NC3CCC3)cc(N3CCCCC3)c1)C2. The summed E-state index contributed by atoms with van der Waals surface area (Å²) in [6, 6.07) is 11.6. The maximum Gasteiger partial charge on any atom is 0.410 e. The number of nitrogens with one attached hydrogen (secondary N) is 2. The molecule has 10 heteroatoms. The second-order valence-electron chi connectivity index (χ2n) is 13.2. The minimum absolute atomic E-state index is 0.00745. The number of aliphatic hydroxyl groups is 1. The Labute approximate surface area is 261 Å². The molecule has 0 aromatic heterocycles. The molecule has 2 aliphatic heterocycles. The first kappa shape index (κ1) is 31.9. The van der Waals surface area contributed by atoms with Crippen LogP contribution in [0, 0.1) is 0 Å². The summed E-state index contributed by atoms with van der Waals surface area (Å²) in [5.41, 5.74) is 3.79. The summed E-state index contributed by atoms with van der Waals surface area (Å²) >= 11 is 0. The van der Waals surface area contributed by atoms with Crippen LogP contribution >= 0.6 is 0 Å². The zero-order valence-electron chi connectivity index (χ0n) is 26.6. The molecule has 240 valence electrons. The van der Waals surface area contributed by atoms with Gasteiger partial charge in [-0.2, -0.15) is 0 Å². The molecule has 2 aromatic carbocycles. The van der Waals surface area contributed by atoms with Crippen molar-refractivity contribution in [2.45, 2.75) is 96.1 Å². The number of hydrogen-bond donors (Lipinski definition) is 3. The van der Waals surface area contributed by atoms with E-state index in [1.165, 1.54) is 12.8 Å². The van der Waals surface area contributed by atoms with Crippen molar-refractivity contribution < 1.29 is 28.9 Å². The fourth-order valence-electron chi connectivity index (χ4n) is 6.05. The first-order valence-electron chi connectivity index (χ1n) is 16.0. The number of carbonyl (C=O) groups is 2. The third kappa shape index (κ3) is 8.15.